The molecule has 0 spiro atoms. The lowest BCUT2D eigenvalue weighted by Crippen LogP contribution is -2.42. The molecule has 1 aromatic heterocycles. The summed E-state index contributed by atoms with van der Waals surface area (Å²) in [5.41, 5.74) is 0. The zero-order valence-electron chi connectivity index (χ0n) is 8.03. The van der Waals surface area contributed by atoms with Gasteiger partial charge in [0, 0.05) is 31.4 Å². The van der Waals surface area contributed by atoms with E-state index in [9.17, 15) is 4.79 Å². The van der Waals surface area contributed by atoms with Gasteiger partial charge in [-0.1, -0.05) is 0 Å². The quantitative estimate of drug-likeness (QED) is 0.839. The van der Waals surface area contributed by atoms with Crippen molar-refractivity contribution in [3.63, 3.8) is 0 Å². The molecule has 0 bridgehead atoms. The number of anilines is 1. The fourth-order valence-corrected chi connectivity index (χ4v) is 1.63. The normalized spacial score (nSPS) is 20.9. The van der Waals surface area contributed by atoms with Crippen LogP contribution in [0.3, 0.4) is 0 Å². The molecule has 1 aromatic rings. The monoisotopic (exact) mass is 270 g/mol. The summed E-state index contributed by atoms with van der Waals surface area (Å²) in [5, 5.41) is 5.97. The second-order valence-corrected chi connectivity index (χ2v) is 4.32. The van der Waals surface area contributed by atoms with Crippen LogP contribution in [0.4, 0.5) is 5.95 Å². The van der Waals surface area contributed by atoms with E-state index in [0.29, 0.717) is 18.9 Å². The third-order valence-corrected chi connectivity index (χ3v) is 2.63. The molecule has 5 nitrogen and oxygen atoms in total. The highest BCUT2D eigenvalue weighted by Gasteiger charge is 2.17. The highest BCUT2D eigenvalue weighted by atomic mass is 79.9. The highest BCUT2D eigenvalue weighted by molar-refractivity contribution is 9.10. The number of aromatic nitrogens is 2. The Hall–Kier alpha value is -1.17. The number of nitrogens with zero attached hydrogens (tertiary/aromatic N) is 2. The van der Waals surface area contributed by atoms with Crippen molar-refractivity contribution in [3.8, 4) is 0 Å². The first-order chi connectivity index (χ1) is 7.24. The van der Waals surface area contributed by atoms with Gasteiger partial charge in [-0.2, -0.15) is 0 Å². The van der Waals surface area contributed by atoms with Gasteiger partial charge in [0.2, 0.25) is 11.9 Å². The summed E-state index contributed by atoms with van der Waals surface area (Å²) in [6, 6.07) is 0.226. The van der Waals surface area contributed by atoms with Gasteiger partial charge in [0.15, 0.2) is 0 Å². The van der Waals surface area contributed by atoms with E-state index in [1.807, 2.05) is 0 Å². The van der Waals surface area contributed by atoms with Crippen LogP contribution < -0.4 is 10.6 Å². The van der Waals surface area contributed by atoms with Crippen LogP contribution in [0.5, 0.6) is 0 Å². The molecule has 1 saturated heterocycles. The number of hydrogen-bond acceptors (Lipinski definition) is 4. The molecule has 1 aliphatic rings. The summed E-state index contributed by atoms with van der Waals surface area (Å²) >= 11 is 3.27. The van der Waals surface area contributed by atoms with Crippen LogP contribution in [0.15, 0.2) is 16.9 Å². The maximum atomic E-state index is 10.9. The Morgan fingerprint density at radius 1 is 1.47 bits per heavy atom. The van der Waals surface area contributed by atoms with E-state index in [-0.39, 0.29) is 11.9 Å². The molecule has 15 heavy (non-hydrogen) atoms. The Labute approximate surface area is 95.8 Å². The summed E-state index contributed by atoms with van der Waals surface area (Å²) in [5.74, 6) is 0.712. The summed E-state index contributed by atoms with van der Waals surface area (Å²) in [4.78, 5) is 19.1. The zero-order valence-corrected chi connectivity index (χ0v) is 9.62. The molecule has 6 heteroatoms. The number of carbonyl (C=O) groups is 1. The standard InChI is InChI=1S/C9H11BrN4O/c10-6-3-12-9(13-4-6)14-7-1-2-8(15)11-5-7/h3-4,7H,1-2,5H2,(H,11,15)(H,12,13,14). The molecule has 2 N–H and O–H groups in total. The number of rotatable bonds is 2. The number of amides is 1. The van der Waals surface area contributed by atoms with E-state index in [2.05, 4.69) is 36.5 Å². The molecule has 80 valence electrons. The van der Waals surface area contributed by atoms with E-state index < -0.39 is 0 Å². The van der Waals surface area contributed by atoms with Gasteiger partial charge in [-0.3, -0.25) is 4.79 Å². The van der Waals surface area contributed by atoms with E-state index in [4.69, 9.17) is 0 Å². The molecule has 2 rings (SSSR count). The van der Waals surface area contributed by atoms with Gasteiger partial charge in [-0.05, 0) is 22.4 Å². The molecule has 0 saturated carbocycles. The summed E-state index contributed by atoms with van der Waals surface area (Å²) in [6.07, 6.45) is 4.77. The smallest absolute Gasteiger partial charge is 0.222 e. The number of nitrogens with one attached hydrogen (secondary N) is 2. The molecule has 1 atom stereocenters. The molecule has 1 aliphatic heterocycles. The Kier molecular flexibility index (Phi) is 3.15. The SMILES string of the molecule is O=C1CCC(Nc2ncc(Br)cn2)CN1. The molecule has 1 unspecified atom stereocenters. The van der Waals surface area contributed by atoms with Gasteiger partial charge in [-0.25, -0.2) is 9.97 Å². The van der Waals surface area contributed by atoms with Crippen molar-refractivity contribution in [2.24, 2.45) is 0 Å². The van der Waals surface area contributed by atoms with Crippen molar-refractivity contribution < 1.29 is 4.79 Å². The molecular weight excluding hydrogens is 260 g/mol. The van der Waals surface area contributed by atoms with Crippen LogP contribution in [0, 0.1) is 0 Å². The molecule has 0 radical (unpaired) electrons. The first kappa shape index (κ1) is 10.4. The molecule has 2 heterocycles. The Morgan fingerprint density at radius 3 is 2.80 bits per heavy atom. The van der Waals surface area contributed by atoms with E-state index in [1.54, 1.807) is 12.4 Å². The average molecular weight is 271 g/mol. The maximum Gasteiger partial charge on any atom is 0.222 e. The largest absolute Gasteiger partial charge is 0.354 e. The van der Waals surface area contributed by atoms with E-state index in [1.165, 1.54) is 0 Å². The van der Waals surface area contributed by atoms with Crippen molar-refractivity contribution in [1.82, 2.24) is 15.3 Å². The summed E-state index contributed by atoms with van der Waals surface area (Å²) < 4.78 is 0.852. The maximum absolute atomic E-state index is 10.9. The third-order valence-electron chi connectivity index (χ3n) is 2.22. The van der Waals surface area contributed by atoms with Crippen LogP contribution in [-0.4, -0.2) is 28.5 Å². The van der Waals surface area contributed by atoms with Gasteiger partial charge in [-0.15, -0.1) is 0 Å². The van der Waals surface area contributed by atoms with Crippen LogP contribution in [0.1, 0.15) is 12.8 Å². The fraction of sp³-hybridized carbons (Fsp3) is 0.444. The van der Waals surface area contributed by atoms with Gasteiger partial charge >= 0.3 is 0 Å². The van der Waals surface area contributed by atoms with Gasteiger partial charge in [0.1, 0.15) is 0 Å². The van der Waals surface area contributed by atoms with E-state index in [0.717, 1.165) is 10.9 Å². The fourth-order valence-electron chi connectivity index (χ4n) is 1.43. The first-order valence-corrected chi connectivity index (χ1v) is 5.54. The minimum atomic E-state index is 0.116. The lowest BCUT2D eigenvalue weighted by atomic mass is 10.1. The second-order valence-electron chi connectivity index (χ2n) is 3.41. The lowest BCUT2D eigenvalue weighted by molar-refractivity contribution is -0.122. The minimum Gasteiger partial charge on any atom is -0.354 e. The lowest BCUT2D eigenvalue weighted by Gasteiger charge is -2.23. The van der Waals surface area contributed by atoms with Gasteiger partial charge in [0.25, 0.3) is 0 Å². The topological polar surface area (TPSA) is 66.9 Å². The van der Waals surface area contributed by atoms with Gasteiger partial charge in [0.05, 0.1) is 4.47 Å². The Bertz CT molecular complexity index is 344. The van der Waals surface area contributed by atoms with Crippen molar-refractivity contribution in [2.75, 3.05) is 11.9 Å². The Balaban J connectivity index is 1.91. The number of carbonyl (C=O) groups excluding carboxylic acids is 1. The summed E-state index contributed by atoms with van der Waals surface area (Å²) in [7, 11) is 0. The average Bonchev–Trinajstić information content (AvgIpc) is 2.25. The minimum absolute atomic E-state index is 0.116. The van der Waals surface area contributed by atoms with Crippen LogP contribution in [-0.2, 0) is 4.79 Å². The number of halogens is 1. The Morgan fingerprint density at radius 2 is 2.20 bits per heavy atom. The second kappa shape index (κ2) is 4.57. The van der Waals surface area contributed by atoms with Crippen LogP contribution >= 0.6 is 15.9 Å². The molecule has 1 amide bonds. The van der Waals surface area contributed by atoms with Crippen LogP contribution in [0.2, 0.25) is 0 Å². The summed E-state index contributed by atoms with van der Waals surface area (Å²) in [6.45, 7) is 0.637. The zero-order chi connectivity index (χ0) is 10.7. The van der Waals surface area contributed by atoms with Crippen molar-refractivity contribution in [3.05, 3.63) is 16.9 Å². The third kappa shape index (κ3) is 2.89. The molecular formula is C9H11BrN4O. The first-order valence-electron chi connectivity index (χ1n) is 4.75. The van der Waals surface area contributed by atoms with Crippen molar-refractivity contribution in [2.45, 2.75) is 18.9 Å². The molecule has 0 aliphatic carbocycles. The van der Waals surface area contributed by atoms with E-state index >= 15 is 0 Å². The van der Waals surface area contributed by atoms with Gasteiger partial charge < -0.3 is 10.6 Å². The number of hydrogen-bond donors (Lipinski definition) is 2. The van der Waals surface area contributed by atoms with Crippen molar-refractivity contribution >= 4 is 27.8 Å². The highest BCUT2D eigenvalue weighted by Crippen LogP contribution is 2.10. The molecule has 1 fully saturated rings. The van der Waals surface area contributed by atoms with Crippen LogP contribution in [0.25, 0.3) is 0 Å². The predicted molar refractivity (Wildman–Crippen MR) is 59.4 cm³/mol. The predicted octanol–water partition coefficient (Wildman–Crippen LogP) is 0.930. The number of piperidine rings is 1. The molecule has 0 aromatic carbocycles. The van der Waals surface area contributed by atoms with Crippen molar-refractivity contribution in [1.29, 1.82) is 0 Å².